The molecule has 2 aromatic rings. The molecule has 0 saturated carbocycles. The molecule has 2 aromatic carbocycles. The lowest BCUT2D eigenvalue weighted by atomic mass is 10.1. The third kappa shape index (κ3) is 8.57. The van der Waals surface area contributed by atoms with Gasteiger partial charge >= 0.3 is 0 Å². The Balaban J connectivity index is 0.00000363. The minimum Gasteiger partial charge on any atom is -0.490 e. The Bertz CT molecular complexity index is 838. The average molecular weight is 552 g/mol. The van der Waals surface area contributed by atoms with E-state index in [-0.39, 0.29) is 36.7 Å². The number of nitrogens with two attached hydrogens (primary N) is 1. The normalized spacial score (nSPS) is 14.4. The second kappa shape index (κ2) is 13.8. The fourth-order valence-corrected chi connectivity index (χ4v) is 3.50. The van der Waals surface area contributed by atoms with Crippen LogP contribution in [0.25, 0.3) is 0 Å². The Hall–Kier alpha value is -2.49. The molecule has 0 radical (unpaired) electrons. The number of aliphatic imine (C=N–C) groups is 1. The summed E-state index contributed by atoms with van der Waals surface area (Å²) >= 11 is 0. The molecule has 1 heterocycles. The number of nitrogens with one attached hydrogen (secondary N) is 1. The van der Waals surface area contributed by atoms with Gasteiger partial charge in [0.15, 0.2) is 12.6 Å². The first-order chi connectivity index (χ1) is 15.1. The van der Waals surface area contributed by atoms with Gasteiger partial charge in [0.2, 0.25) is 0 Å². The number of amides is 1. The summed E-state index contributed by atoms with van der Waals surface area (Å²) in [6.07, 6.45) is 3.04. The van der Waals surface area contributed by atoms with E-state index < -0.39 is 5.91 Å². The molecule has 0 aliphatic carbocycles. The van der Waals surface area contributed by atoms with Gasteiger partial charge in [-0.05, 0) is 43.2 Å². The number of hydrogen-bond acceptors (Lipinski definition) is 4. The predicted molar refractivity (Wildman–Crippen MR) is 138 cm³/mol. The number of ether oxygens (including phenoxy) is 2. The van der Waals surface area contributed by atoms with E-state index >= 15 is 0 Å². The average Bonchev–Trinajstić information content (AvgIpc) is 2.79. The molecule has 1 fully saturated rings. The lowest BCUT2D eigenvalue weighted by Gasteiger charge is -2.34. The monoisotopic (exact) mass is 552 g/mol. The fourth-order valence-electron chi connectivity index (χ4n) is 3.50. The van der Waals surface area contributed by atoms with Gasteiger partial charge in [0, 0.05) is 39.0 Å². The molecule has 1 saturated heterocycles. The second-order valence-electron chi connectivity index (χ2n) is 7.50. The van der Waals surface area contributed by atoms with Crippen molar-refractivity contribution in [2.75, 3.05) is 32.8 Å². The number of halogens is 1. The first-order valence-electron chi connectivity index (χ1n) is 10.9. The van der Waals surface area contributed by atoms with E-state index in [2.05, 4.69) is 17.1 Å². The summed E-state index contributed by atoms with van der Waals surface area (Å²) in [4.78, 5) is 17.9. The number of primary amides is 1. The van der Waals surface area contributed by atoms with Crippen LogP contribution in [0.1, 0.15) is 25.3 Å². The standard InChI is InChI=1S/C24H32N4O3.HI/c1-2-26-24(27-15-12-19-8-10-20(11-9-19)30-18-23(25)29)28-16-13-22(14-17-28)31-21-6-4-3-5-7-21;/h3-11,22H,2,12-18H2,1H3,(H2,25,29)(H,26,27);1H. The Labute approximate surface area is 207 Å². The molecule has 0 spiro atoms. The zero-order valence-electron chi connectivity index (χ0n) is 18.5. The van der Waals surface area contributed by atoms with Crippen molar-refractivity contribution in [3.63, 3.8) is 0 Å². The maximum Gasteiger partial charge on any atom is 0.255 e. The van der Waals surface area contributed by atoms with Crippen molar-refractivity contribution in [2.45, 2.75) is 32.3 Å². The minimum atomic E-state index is -0.481. The van der Waals surface area contributed by atoms with E-state index in [1.54, 1.807) is 0 Å². The van der Waals surface area contributed by atoms with Gasteiger partial charge in [-0.1, -0.05) is 30.3 Å². The van der Waals surface area contributed by atoms with Crippen molar-refractivity contribution in [3.8, 4) is 11.5 Å². The van der Waals surface area contributed by atoms with Crippen molar-refractivity contribution < 1.29 is 14.3 Å². The number of carbonyl (C=O) groups is 1. The summed E-state index contributed by atoms with van der Waals surface area (Å²) in [7, 11) is 0. The Morgan fingerprint density at radius 2 is 1.78 bits per heavy atom. The molecule has 0 unspecified atom stereocenters. The van der Waals surface area contributed by atoms with Gasteiger partial charge in [-0.15, -0.1) is 24.0 Å². The first-order valence-corrected chi connectivity index (χ1v) is 10.9. The highest BCUT2D eigenvalue weighted by Crippen LogP contribution is 2.19. The molecule has 1 aliphatic heterocycles. The number of benzene rings is 2. The van der Waals surface area contributed by atoms with Crippen LogP contribution < -0.4 is 20.5 Å². The summed E-state index contributed by atoms with van der Waals surface area (Å²) < 4.78 is 11.4. The quantitative estimate of drug-likeness (QED) is 0.284. The first kappa shape index (κ1) is 25.8. The molecular formula is C24H33IN4O3. The van der Waals surface area contributed by atoms with Crippen LogP contribution in [-0.2, 0) is 11.2 Å². The smallest absolute Gasteiger partial charge is 0.255 e. The SMILES string of the molecule is CCNC(=NCCc1ccc(OCC(N)=O)cc1)N1CCC(Oc2ccccc2)CC1.I. The molecule has 7 nitrogen and oxygen atoms in total. The molecule has 1 aliphatic rings. The number of nitrogens with zero attached hydrogens (tertiary/aromatic N) is 2. The van der Waals surface area contributed by atoms with E-state index in [1.807, 2.05) is 54.6 Å². The molecule has 8 heteroatoms. The van der Waals surface area contributed by atoms with Gasteiger partial charge in [0.05, 0.1) is 0 Å². The van der Waals surface area contributed by atoms with Gasteiger partial charge in [-0.3, -0.25) is 9.79 Å². The summed E-state index contributed by atoms with van der Waals surface area (Å²) in [5.41, 5.74) is 6.26. The van der Waals surface area contributed by atoms with Crippen LogP contribution in [-0.4, -0.2) is 55.7 Å². The predicted octanol–water partition coefficient (Wildman–Crippen LogP) is 3.22. The lowest BCUT2D eigenvalue weighted by molar-refractivity contribution is -0.119. The highest BCUT2D eigenvalue weighted by atomic mass is 127. The molecule has 3 rings (SSSR count). The van der Waals surface area contributed by atoms with E-state index in [4.69, 9.17) is 20.2 Å². The fraction of sp³-hybridized carbons (Fsp3) is 0.417. The van der Waals surface area contributed by atoms with Gasteiger partial charge in [0.1, 0.15) is 17.6 Å². The van der Waals surface area contributed by atoms with Crippen molar-refractivity contribution >= 4 is 35.8 Å². The Morgan fingerprint density at radius 3 is 2.41 bits per heavy atom. The maximum absolute atomic E-state index is 10.8. The summed E-state index contributed by atoms with van der Waals surface area (Å²) in [6, 6.07) is 17.7. The molecule has 1 amide bonds. The van der Waals surface area contributed by atoms with Gasteiger partial charge < -0.3 is 25.4 Å². The maximum atomic E-state index is 10.8. The van der Waals surface area contributed by atoms with Crippen molar-refractivity contribution in [3.05, 3.63) is 60.2 Å². The van der Waals surface area contributed by atoms with Crippen LogP contribution in [0.3, 0.4) is 0 Å². The topological polar surface area (TPSA) is 89.2 Å². The molecular weight excluding hydrogens is 519 g/mol. The van der Waals surface area contributed by atoms with Crippen LogP contribution in [0.2, 0.25) is 0 Å². The lowest BCUT2D eigenvalue weighted by Crippen LogP contribution is -2.47. The summed E-state index contributed by atoms with van der Waals surface area (Å²) in [5, 5.41) is 3.41. The number of guanidine groups is 1. The van der Waals surface area contributed by atoms with Crippen molar-refractivity contribution in [2.24, 2.45) is 10.7 Å². The number of para-hydroxylation sites is 1. The van der Waals surface area contributed by atoms with Crippen LogP contribution in [0, 0.1) is 0 Å². The molecule has 0 aromatic heterocycles. The number of likely N-dealkylation sites (tertiary alicyclic amines) is 1. The minimum absolute atomic E-state index is 0. The highest BCUT2D eigenvalue weighted by Gasteiger charge is 2.22. The zero-order chi connectivity index (χ0) is 21.9. The Morgan fingerprint density at radius 1 is 1.09 bits per heavy atom. The van der Waals surface area contributed by atoms with E-state index in [9.17, 15) is 4.79 Å². The molecule has 0 atom stereocenters. The molecule has 32 heavy (non-hydrogen) atoms. The van der Waals surface area contributed by atoms with Gasteiger partial charge in [-0.2, -0.15) is 0 Å². The number of carbonyl (C=O) groups excluding carboxylic acids is 1. The number of rotatable bonds is 9. The Kier molecular flexibility index (Phi) is 11.1. The third-order valence-electron chi connectivity index (χ3n) is 5.09. The van der Waals surface area contributed by atoms with E-state index in [0.717, 1.165) is 50.6 Å². The van der Waals surface area contributed by atoms with Crippen LogP contribution in [0.5, 0.6) is 11.5 Å². The largest absolute Gasteiger partial charge is 0.490 e. The van der Waals surface area contributed by atoms with E-state index in [0.29, 0.717) is 12.3 Å². The summed E-state index contributed by atoms with van der Waals surface area (Å²) in [6.45, 7) is 5.37. The van der Waals surface area contributed by atoms with E-state index in [1.165, 1.54) is 5.56 Å². The van der Waals surface area contributed by atoms with Gasteiger partial charge in [-0.25, -0.2) is 0 Å². The van der Waals surface area contributed by atoms with Gasteiger partial charge in [0.25, 0.3) is 5.91 Å². The second-order valence-corrected chi connectivity index (χ2v) is 7.50. The highest BCUT2D eigenvalue weighted by molar-refractivity contribution is 14.0. The molecule has 0 bridgehead atoms. The number of piperidine rings is 1. The van der Waals surface area contributed by atoms with Crippen LogP contribution in [0.4, 0.5) is 0 Å². The van der Waals surface area contributed by atoms with Crippen molar-refractivity contribution in [1.82, 2.24) is 10.2 Å². The number of hydrogen-bond donors (Lipinski definition) is 2. The van der Waals surface area contributed by atoms with Crippen molar-refractivity contribution in [1.29, 1.82) is 0 Å². The zero-order valence-corrected chi connectivity index (χ0v) is 20.9. The summed E-state index contributed by atoms with van der Waals surface area (Å²) in [5.74, 6) is 2.06. The third-order valence-corrected chi connectivity index (χ3v) is 5.09. The van der Waals surface area contributed by atoms with Crippen LogP contribution >= 0.6 is 24.0 Å². The van der Waals surface area contributed by atoms with Crippen LogP contribution in [0.15, 0.2) is 59.6 Å². The molecule has 174 valence electrons. The molecule has 3 N–H and O–H groups in total.